The lowest BCUT2D eigenvalue weighted by molar-refractivity contribution is 0.174. The number of ether oxygens (including phenoxy) is 2. The minimum atomic E-state index is 0.249. The van der Waals surface area contributed by atoms with E-state index in [1.54, 1.807) is 0 Å². The monoisotopic (exact) mass is 346 g/mol. The van der Waals surface area contributed by atoms with E-state index in [4.69, 9.17) is 9.47 Å². The smallest absolute Gasteiger partial charge is 0.231 e. The summed E-state index contributed by atoms with van der Waals surface area (Å²) in [5.41, 5.74) is 4.48. The Hall–Kier alpha value is -3.10. The number of fused-ring (bicyclic) bond motifs is 1. The maximum Gasteiger partial charge on any atom is 0.231 e. The van der Waals surface area contributed by atoms with Crippen LogP contribution in [0.3, 0.4) is 0 Å². The first-order chi connectivity index (χ1) is 12.2. The van der Waals surface area contributed by atoms with E-state index in [0.29, 0.717) is 10.6 Å². The van der Waals surface area contributed by atoms with Crippen LogP contribution in [0.1, 0.15) is 16.1 Å². The van der Waals surface area contributed by atoms with Crippen molar-refractivity contribution >= 4 is 23.0 Å². The van der Waals surface area contributed by atoms with Crippen molar-refractivity contribution in [3.8, 4) is 28.8 Å². The third-order valence-electron chi connectivity index (χ3n) is 4.01. The lowest BCUT2D eigenvalue weighted by Crippen LogP contribution is -1.92. The number of allylic oxidation sites excluding steroid dienone is 1. The molecule has 0 aliphatic carbocycles. The highest BCUT2D eigenvalue weighted by atomic mass is 32.1. The van der Waals surface area contributed by atoms with Crippen LogP contribution in [-0.4, -0.2) is 11.8 Å². The molecule has 25 heavy (non-hydrogen) atoms. The molecular weight excluding hydrogens is 332 g/mol. The molecule has 0 amide bonds. The number of hydrogen-bond donors (Lipinski definition) is 0. The van der Waals surface area contributed by atoms with E-state index in [1.807, 2.05) is 60.8 Å². The third-order valence-corrected chi connectivity index (χ3v) is 4.89. The second-order valence-electron chi connectivity index (χ2n) is 5.63. The summed E-state index contributed by atoms with van der Waals surface area (Å²) in [7, 11) is 0. The Bertz CT molecular complexity index is 1010. The molecule has 1 aromatic heterocycles. The summed E-state index contributed by atoms with van der Waals surface area (Å²) >= 11 is 1.46. The highest BCUT2D eigenvalue weighted by Gasteiger charge is 2.16. The van der Waals surface area contributed by atoms with Gasteiger partial charge >= 0.3 is 0 Å². The standard InChI is InChI=1S/C20H14N2O2S/c1-13-4-2-3-5-14(13)8-16(10-21)20-22-17(11-25-20)15-6-7-18-19(9-15)24-12-23-18/h2-9,11H,12H2,1H3. The van der Waals surface area contributed by atoms with Gasteiger partial charge in [0.15, 0.2) is 11.5 Å². The van der Waals surface area contributed by atoms with Gasteiger partial charge in [0.05, 0.1) is 11.3 Å². The van der Waals surface area contributed by atoms with Gasteiger partial charge in [0.2, 0.25) is 6.79 Å². The second kappa shape index (κ2) is 6.42. The normalized spacial score (nSPS) is 12.9. The molecule has 0 saturated heterocycles. The first kappa shape index (κ1) is 15.4. The molecule has 3 aromatic rings. The summed E-state index contributed by atoms with van der Waals surface area (Å²) in [6.07, 6.45) is 1.89. The summed E-state index contributed by atoms with van der Waals surface area (Å²) in [5.74, 6) is 1.47. The largest absolute Gasteiger partial charge is 0.454 e. The van der Waals surface area contributed by atoms with Gasteiger partial charge in [-0.1, -0.05) is 24.3 Å². The van der Waals surface area contributed by atoms with Crippen molar-refractivity contribution in [3.05, 3.63) is 64.0 Å². The molecule has 0 saturated carbocycles. The fourth-order valence-corrected chi connectivity index (χ4v) is 3.43. The average molecular weight is 346 g/mol. The number of nitriles is 1. The van der Waals surface area contributed by atoms with Gasteiger partial charge in [0.25, 0.3) is 0 Å². The van der Waals surface area contributed by atoms with Gasteiger partial charge in [-0.05, 0) is 42.3 Å². The molecule has 4 nitrogen and oxygen atoms in total. The Balaban J connectivity index is 1.68. The van der Waals surface area contributed by atoms with E-state index in [-0.39, 0.29) is 6.79 Å². The first-order valence-corrected chi connectivity index (χ1v) is 8.66. The van der Waals surface area contributed by atoms with E-state index < -0.39 is 0 Å². The number of benzene rings is 2. The molecule has 0 N–H and O–H groups in total. The van der Waals surface area contributed by atoms with Gasteiger partial charge in [-0.3, -0.25) is 0 Å². The van der Waals surface area contributed by atoms with Crippen LogP contribution in [0.2, 0.25) is 0 Å². The van der Waals surface area contributed by atoms with Crippen LogP contribution in [0.4, 0.5) is 0 Å². The van der Waals surface area contributed by atoms with Crippen molar-refractivity contribution in [1.82, 2.24) is 4.98 Å². The zero-order valence-corrected chi connectivity index (χ0v) is 14.3. The van der Waals surface area contributed by atoms with E-state index >= 15 is 0 Å². The quantitative estimate of drug-likeness (QED) is 0.632. The second-order valence-corrected chi connectivity index (χ2v) is 6.49. The predicted molar refractivity (Wildman–Crippen MR) is 98.3 cm³/mol. The van der Waals surface area contributed by atoms with Gasteiger partial charge < -0.3 is 9.47 Å². The Morgan fingerprint density at radius 1 is 1.20 bits per heavy atom. The minimum Gasteiger partial charge on any atom is -0.454 e. The predicted octanol–water partition coefficient (Wildman–Crippen LogP) is 4.91. The molecule has 122 valence electrons. The van der Waals surface area contributed by atoms with Crippen LogP contribution in [0.25, 0.3) is 22.9 Å². The highest BCUT2D eigenvalue weighted by molar-refractivity contribution is 7.11. The number of thiazole rings is 1. The summed E-state index contributed by atoms with van der Waals surface area (Å²) in [4.78, 5) is 4.63. The third kappa shape index (κ3) is 3.00. The Kier molecular flexibility index (Phi) is 3.96. The molecule has 0 radical (unpaired) electrons. The summed E-state index contributed by atoms with van der Waals surface area (Å²) in [6.45, 7) is 2.28. The molecule has 0 fully saturated rings. The Labute approximate surface area is 149 Å². The topological polar surface area (TPSA) is 55.1 Å². The highest BCUT2D eigenvalue weighted by Crippen LogP contribution is 2.36. The fourth-order valence-electron chi connectivity index (χ4n) is 2.63. The molecule has 0 atom stereocenters. The maximum absolute atomic E-state index is 9.55. The van der Waals surface area contributed by atoms with E-state index in [1.165, 1.54) is 11.3 Å². The van der Waals surface area contributed by atoms with Gasteiger partial charge in [-0.15, -0.1) is 11.3 Å². The fraction of sp³-hybridized carbons (Fsp3) is 0.100. The molecule has 0 spiro atoms. The summed E-state index contributed by atoms with van der Waals surface area (Å²) in [5, 5.41) is 12.2. The zero-order chi connectivity index (χ0) is 17.2. The van der Waals surface area contributed by atoms with Crippen LogP contribution in [-0.2, 0) is 0 Å². The molecule has 0 bridgehead atoms. The average Bonchev–Trinajstić information content (AvgIpc) is 3.29. The SMILES string of the molecule is Cc1ccccc1C=C(C#N)c1nc(-c2ccc3c(c2)OCO3)cs1. The van der Waals surface area contributed by atoms with Crippen LogP contribution < -0.4 is 9.47 Å². The van der Waals surface area contributed by atoms with E-state index in [0.717, 1.165) is 33.9 Å². The summed E-state index contributed by atoms with van der Waals surface area (Å²) < 4.78 is 10.8. The molecule has 1 aliphatic heterocycles. The molecule has 2 heterocycles. The Morgan fingerprint density at radius 2 is 2.04 bits per heavy atom. The van der Waals surface area contributed by atoms with Crippen LogP contribution in [0.15, 0.2) is 47.8 Å². The minimum absolute atomic E-state index is 0.249. The van der Waals surface area contributed by atoms with Crippen molar-refractivity contribution in [3.63, 3.8) is 0 Å². The van der Waals surface area contributed by atoms with Crippen molar-refractivity contribution in [2.45, 2.75) is 6.92 Å². The molecule has 0 unspecified atom stereocenters. The molecular formula is C20H14N2O2S. The molecule has 1 aliphatic rings. The van der Waals surface area contributed by atoms with Gasteiger partial charge in [0, 0.05) is 10.9 Å². The van der Waals surface area contributed by atoms with Gasteiger partial charge in [-0.25, -0.2) is 4.98 Å². The van der Waals surface area contributed by atoms with Gasteiger partial charge in [0.1, 0.15) is 11.1 Å². The van der Waals surface area contributed by atoms with Crippen molar-refractivity contribution in [1.29, 1.82) is 5.26 Å². The lowest BCUT2D eigenvalue weighted by Gasteiger charge is -2.01. The Morgan fingerprint density at radius 3 is 2.88 bits per heavy atom. The van der Waals surface area contributed by atoms with Crippen LogP contribution in [0, 0.1) is 18.3 Å². The van der Waals surface area contributed by atoms with E-state index in [9.17, 15) is 5.26 Å². The van der Waals surface area contributed by atoms with E-state index in [2.05, 4.69) is 11.1 Å². The number of nitrogens with zero attached hydrogens (tertiary/aromatic N) is 2. The molecule has 4 rings (SSSR count). The van der Waals surface area contributed by atoms with Crippen LogP contribution in [0.5, 0.6) is 11.5 Å². The van der Waals surface area contributed by atoms with Crippen molar-refractivity contribution in [2.75, 3.05) is 6.79 Å². The van der Waals surface area contributed by atoms with Gasteiger partial charge in [-0.2, -0.15) is 5.26 Å². The van der Waals surface area contributed by atoms with Crippen molar-refractivity contribution in [2.24, 2.45) is 0 Å². The first-order valence-electron chi connectivity index (χ1n) is 7.78. The van der Waals surface area contributed by atoms with Crippen molar-refractivity contribution < 1.29 is 9.47 Å². The maximum atomic E-state index is 9.55. The number of hydrogen-bond acceptors (Lipinski definition) is 5. The lowest BCUT2D eigenvalue weighted by atomic mass is 10.1. The molecule has 2 aromatic carbocycles. The van der Waals surface area contributed by atoms with Crippen LogP contribution >= 0.6 is 11.3 Å². The number of aryl methyl sites for hydroxylation is 1. The summed E-state index contributed by atoms with van der Waals surface area (Å²) in [6, 6.07) is 16.0. The zero-order valence-electron chi connectivity index (χ0n) is 13.5. The molecule has 5 heteroatoms. The number of aromatic nitrogens is 1. The number of rotatable bonds is 3.